The van der Waals surface area contributed by atoms with Crippen LogP contribution in [-0.4, -0.2) is 42.8 Å². The van der Waals surface area contributed by atoms with Crippen molar-refractivity contribution >= 4 is 23.3 Å². The number of Topliss-reactive ketones (excluding diaryl/α,β-unsaturated/α-hetero) is 3. The normalized spacial score (nSPS) is 11.0. The topological polar surface area (TPSA) is 77.5 Å². The Balaban J connectivity index is 0. The van der Waals surface area contributed by atoms with E-state index >= 15 is 0 Å². The highest BCUT2D eigenvalue weighted by Crippen LogP contribution is 2.23. The summed E-state index contributed by atoms with van der Waals surface area (Å²) in [6, 6.07) is 0. The molecule has 0 aromatic heterocycles. The molecule has 0 aromatic carbocycles. The molecule has 11 heteroatoms. The summed E-state index contributed by atoms with van der Waals surface area (Å²) in [7, 11) is 1.26. The van der Waals surface area contributed by atoms with E-state index < -0.39 is 36.3 Å². The molecule has 0 aliphatic rings. The first-order valence-corrected chi connectivity index (χ1v) is 4.98. The van der Waals surface area contributed by atoms with Crippen molar-refractivity contribution in [2.45, 2.75) is 32.1 Å². The SMILES string of the molecule is COC(=O)CC(C)=O.O=C(CC(=O)C(F)(F)F)C(F)(F)F. The van der Waals surface area contributed by atoms with Crippen molar-refractivity contribution in [2.75, 3.05) is 7.11 Å². The molecular formula is C10H10F6O5. The van der Waals surface area contributed by atoms with Crippen molar-refractivity contribution < 1.29 is 50.3 Å². The molecule has 0 aliphatic heterocycles. The second-order valence-electron chi connectivity index (χ2n) is 3.47. The quantitative estimate of drug-likeness (QED) is 0.447. The van der Waals surface area contributed by atoms with E-state index in [1.165, 1.54) is 14.0 Å². The van der Waals surface area contributed by atoms with E-state index in [4.69, 9.17) is 0 Å². The van der Waals surface area contributed by atoms with Gasteiger partial charge in [-0.15, -0.1) is 0 Å². The van der Waals surface area contributed by atoms with Crippen molar-refractivity contribution in [3.05, 3.63) is 0 Å². The van der Waals surface area contributed by atoms with Gasteiger partial charge in [0.05, 0.1) is 13.5 Å². The van der Waals surface area contributed by atoms with Gasteiger partial charge in [0.15, 0.2) is 0 Å². The van der Waals surface area contributed by atoms with E-state index in [0.717, 1.165) is 0 Å². The Hall–Kier alpha value is -1.94. The molecule has 5 nitrogen and oxygen atoms in total. The molecule has 122 valence electrons. The number of alkyl halides is 6. The summed E-state index contributed by atoms with van der Waals surface area (Å²) in [5.41, 5.74) is 0. The van der Waals surface area contributed by atoms with Gasteiger partial charge in [0, 0.05) is 0 Å². The molecule has 21 heavy (non-hydrogen) atoms. The van der Waals surface area contributed by atoms with E-state index in [9.17, 15) is 45.5 Å². The fourth-order valence-corrected chi connectivity index (χ4v) is 0.622. The molecule has 0 rings (SSSR count). The molecule has 0 N–H and O–H groups in total. The maximum atomic E-state index is 11.3. The fourth-order valence-electron chi connectivity index (χ4n) is 0.622. The zero-order valence-electron chi connectivity index (χ0n) is 10.7. The van der Waals surface area contributed by atoms with Crippen molar-refractivity contribution in [1.29, 1.82) is 0 Å². The van der Waals surface area contributed by atoms with Crippen molar-refractivity contribution in [2.24, 2.45) is 0 Å². The Morgan fingerprint density at radius 2 is 1.14 bits per heavy atom. The average Bonchev–Trinajstić information content (AvgIpc) is 2.26. The standard InChI is InChI=1S/C5H2F6O2.C5H8O3/c6-4(7,8)2(12)1-3(13)5(9,10)11;1-4(6)3-5(7)8-2/h1H2;3H2,1-2H3. The van der Waals surface area contributed by atoms with Crippen LogP contribution in [0.25, 0.3) is 0 Å². The van der Waals surface area contributed by atoms with Gasteiger partial charge < -0.3 is 4.74 Å². The number of halogens is 6. The van der Waals surface area contributed by atoms with Gasteiger partial charge >= 0.3 is 18.3 Å². The summed E-state index contributed by atoms with van der Waals surface area (Å²) < 4.78 is 72.2. The molecule has 0 saturated heterocycles. The van der Waals surface area contributed by atoms with E-state index in [2.05, 4.69) is 4.74 Å². The molecule has 0 unspecified atom stereocenters. The van der Waals surface area contributed by atoms with Crippen molar-refractivity contribution in [1.82, 2.24) is 0 Å². The van der Waals surface area contributed by atoms with Gasteiger partial charge in [-0.3, -0.25) is 19.2 Å². The van der Waals surface area contributed by atoms with E-state index in [1.807, 2.05) is 0 Å². The van der Waals surface area contributed by atoms with Crippen LogP contribution in [-0.2, 0) is 23.9 Å². The number of ether oxygens (including phenoxy) is 1. The number of ketones is 3. The minimum Gasteiger partial charge on any atom is -0.469 e. The van der Waals surface area contributed by atoms with Crippen LogP contribution in [0.5, 0.6) is 0 Å². The first-order chi connectivity index (χ1) is 9.21. The molecule has 0 fully saturated rings. The van der Waals surface area contributed by atoms with Crippen LogP contribution in [0.1, 0.15) is 19.8 Å². The number of hydrogen-bond acceptors (Lipinski definition) is 5. The second kappa shape index (κ2) is 8.37. The van der Waals surface area contributed by atoms with E-state index in [-0.39, 0.29) is 12.2 Å². The molecule has 0 bridgehead atoms. The maximum absolute atomic E-state index is 11.3. The third-order valence-electron chi connectivity index (χ3n) is 1.57. The summed E-state index contributed by atoms with van der Waals surface area (Å²) in [5, 5.41) is 0. The minimum absolute atomic E-state index is 0.115. The molecule has 0 aliphatic carbocycles. The number of esters is 1. The van der Waals surface area contributed by atoms with Gasteiger partial charge in [-0.25, -0.2) is 0 Å². The highest BCUT2D eigenvalue weighted by molar-refractivity contribution is 6.03. The van der Waals surface area contributed by atoms with Crippen molar-refractivity contribution in [3.63, 3.8) is 0 Å². The van der Waals surface area contributed by atoms with Crippen LogP contribution in [0.15, 0.2) is 0 Å². The van der Waals surface area contributed by atoms with Gasteiger partial charge in [-0.05, 0) is 6.92 Å². The smallest absolute Gasteiger partial charge is 0.450 e. The van der Waals surface area contributed by atoms with Gasteiger partial charge in [-0.2, -0.15) is 26.3 Å². The highest BCUT2D eigenvalue weighted by atomic mass is 19.4. The van der Waals surface area contributed by atoms with Crippen LogP contribution in [0, 0.1) is 0 Å². The third-order valence-corrected chi connectivity index (χ3v) is 1.57. The van der Waals surface area contributed by atoms with Gasteiger partial charge in [-0.1, -0.05) is 0 Å². The summed E-state index contributed by atoms with van der Waals surface area (Å²) in [6.45, 7) is 1.34. The predicted molar refractivity (Wildman–Crippen MR) is 54.1 cm³/mol. The molecule has 0 spiro atoms. The lowest BCUT2D eigenvalue weighted by molar-refractivity contribution is -0.182. The van der Waals surface area contributed by atoms with Gasteiger partial charge in [0.1, 0.15) is 12.2 Å². The van der Waals surface area contributed by atoms with Crippen LogP contribution in [0.2, 0.25) is 0 Å². The largest absolute Gasteiger partial charge is 0.469 e. The lowest BCUT2D eigenvalue weighted by Gasteiger charge is -2.06. The monoisotopic (exact) mass is 324 g/mol. The van der Waals surface area contributed by atoms with Gasteiger partial charge in [0.2, 0.25) is 11.6 Å². The van der Waals surface area contributed by atoms with Gasteiger partial charge in [0.25, 0.3) is 0 Å². The molecule has 0 atom stereocenters. The maximum Gasteiger partial charge on any atom is 0.450 e. The molecule has 0 aromatic rings. The summed E-state index contributed by atoms with van der Waals surface area (Å²) in [6.07, 6.45) is -13.1. The molecular weight excluding hydrogens is 314 g/mol. The number of methoxy groups -OCH3 is 1. The number of carbonyl (C=O) groups is 4. The van der Waals surface area contributed by atoms with E-state index in [0.29, 0.717) is 0 Å². The third kappa shape index (κ3) is 11.6. The van der Waals surface area contributed by atoms with Crippen LogP contribution < -0.4 is 0 Å². The first kappa shape index (κ1) is 21.4. The van der Waals surface area contributed by atoms with Crippen LogP contribution >= 0.6 is 0 Å². The molecule has 0 saturated carbocycles. The Kier molecular flexibility index (Phi) is 8.51. The van der Waals surface area contributed by atoms with Crippen LogP contribution in [0.4, 0.5) is 26.3 Å². The number of hydrogen-bond donors (Lipinski definition) is 0. The highest BCUT2D eigenvalue weighted by Gasteiger charge is 2.46. The summed E-state index contributed by atoms with van der Waals surface area (Å²) in [5.74, 6) is -6.04. The minimum atomic E-state index is -5.40. The first-order valence-electron chi connectivity index (χ1n) is 4.98. The number of carbonyl (C=O) groups excluding carboxylic acids is 4. The average molecular weight is 324 g/mol. The molecule has 0 radical (unpaired) electrons. The Labute approximate surface area is 114 Å². The second-order valence-corrected chi connectivity index (χ2v) is 3.47. The lowest BCUT2D eigenvalue weighted by atomic mass is 10.2. The zero-order valence-corrected chi connectivity index (χ0v) is 10.7. The van der Waals surface area contributed by atoms with E-state index in [1.54, 1.807) is 0 Å². The fraction of sp³-hybridized carbons (Fsp3) is 0.600. The van der Waals surface area contributed by atoms with Crippen molar-refractivity contribution in [3.8, 4) is 0 Å². The predicted octanol–water partition coefficient (Wildman–Crippen LogP) is 1.78. The Morgan fingerprint density at radius 1 is 0.810 bits per heavy atom. The lowest BCUT2D eigenvalue weighted by Crippen LogP contribution is -2.31. The summed E-state index contributed by atoms with van der Waals surface area (Å²) in [4.78, 5) is 40.0. The Bertz CT molecular complexity index is 385. The summed E-state index contributed by atoms with van der Waals surface area (Å²) >= 11 is 0. The van der Waals surface area contributed by atoms with Crippen LogP contribution in [0.3, 0.4) is 0 Å². The molecule has 0 amide bonds. The number of rotatable bonds is 4. The molecule has 0 heterocycles. The Morgan fingerprint density at radius 3 is 1.29 bits per heavy atom. The zero-order chi connectivity index (χ0) is 17.4.